The van der Waals surface area contributed by atoms with Gasteiger partial charge in [0.1, 0.15) is 53.2 Å². The topological polar surface area (TPSA) is 158 Å². The molecular formula is C25H28O10. The summed E-state index contributed by atoms with van der Waals surface area (Å²) in [5.74, 6) is 0.330. The Balaban J connectivity index is 1.79. The van der Waals surface area contributed by atoms with E-state index in [2.05, 4.69) is 6.58 Å². The molecule has 6 atom stereocenters. The van der Waals surface area contributed by atoms with Crippen LogP contribution in [0.3, 0.4) is 0 Å². The zero-order valence-corrected chi connectivity index (χ0v) is 19.2. The summed E-state index contributed by atoms with van der Waals surface area (Å²) in [4.78, 5) is 0. The molecule has 35 heavy (non-hydrogen) atoms. The van der Waals surface area contributed by atoms with Gasteiger partial charge in [-0.25, -0.2) is 0 Å². The minimum atomic E-state index is -1.65. The summed E-state index contributed by atoms with van der Waals surface area (Å²) in [6.07, 6.45) is -5.34. The molecule has 1 fully saturated rings. The van der Waals surface area contributed by atoms with E-state index in [1.54, 1.807) is 18.2 Å². The minimum absolute atomic E-state index is 0.0868. The van der Waals surface area contributed by atoms with Gasteiger partial charge in [-0.1, -0.05) is 12.7 Å². The summed E-state index contributed by atoms with van der Waals surface area (Å²) in [5.41, 5.74) is 2.38. The molecule has 2 aliphatic rings. The van der Waals surface area contributed by atoms with Crippen molar-refractivity contribution in [2.45, 2.75) is 43.7 Å². The number of fused-ring (bicyclic) bond motifs is 1. The number of aromatic hydroxyl groups is 2. The molecule has 2 heterocycles. The third-order valence-electron chi connectivity index (χ3n) is 6.16. The molecule has 0 bridgehead atoms. The Hall–Kier alpha value is -3.28. The third kappa shape index (κ3) is 4.54. The minimum Gasteiger partial charge on any atom is -0.508 e. The summed E-state index contributed by atoms with van der Waals surface area (Å²) in [6, 6.07) is 6.00. The van der Waals surface area contributed by atoms with E-state index >= 15 is 0 Å². The van der Waals surface area contributed by atoms with Crippen molar-refractivity contribution in [3.63, 3.8) is 0 Å². The average molecular weight is 488 g/mol. The molecule has 188 valence electrons. The van der Waals surface area contributed by atoms with Gasteiger partial charge in [-0.15, -0.1) is 0 Å². The summed E-state index contributed by atoms with van der Waals surface area (Å²) in [6.45, 7) is 5.08. The lowest BCUT2D eigenvalue weighted by atomic mass is 9.96. The van der Waals surface area contributed by atoms with E-state index in [-0.39, 0.29) is 28.6 Å². The lowest BCUT2D eigenvalue weighted by Crippen LogP contribution is -2.59. The Kier molecular flexibility index (Phi) is 6.93. The predicted octanol–water partition coefficient (Wildman–Crippen LogP) is 1.35. The average Bonchev–Trinajstić information content (AvgIpc) is 2.84. The Morgan fingerprint density at radius 2 is 1.80 bits per heavy atom. The molecule has 0 aromatic heterocycles. The van der Waals surface area contributed by atoms with Crippen LogP contribution in [-0.4, -0.2) is 75.1 Å². The molecule has 2 aromatic carbocycles. The molecule has 2 aromatic rings. The van der Waals surface area contributed by atoms with Crippen molar-refractivity contribution in [2.24, 2.45) is 0 Å². The highest BCUT2D eigenvalue weighted by Gasteiger charge is 2.46. The van der Waals surface area contributed by atoms with E-state index < -0.39 is 43.4 Å². The molecule has 0 amide bonds. The second-order valence-corrected chi connectivity index (χ2v) is 8.38. The molecule has 1 saturated heterocycles. The highest BCUT2D eigenvalue weighted by Crippen LogP contribution is 2.45. The molecule has 6 unspecified atom stereocenters. The number of phenolic OH excluding ortho intramolecular Hbond substituents is 2. The van der Waals surface area contributed by atoms with Gasteiger partial charge in [0.15, 0.2) is 6.10 Å². The standard InChI is InChI=1S/C25H28O10/c1-4-12-5-13(6-17(32-3)11(12)2)24-19(9-15-16(28)7-14(27)8-18(15)33-24)34-25-23(31)22(30)21(29)20(10-26)35-25/h4-9,20-31H,1,10H2,2-3H3. The van der Waals surface area contributed by atoms with Crippen molar-refractivity contribution in [3.05, 3.63) is 58.9 Å². The van der Waals surface area contributed by atoms with Crippen molar-refractivity contribution < 1.29 is 49.6 Å². The van der Waals surface area contributed by atoms with Crippen LogP contribution in [-0.2, 0) is 9.47 Å². The molecule has 2 aliphatic heterocycles. The molecule has 0 radical (unpaired) electrons. The maximum absolute atomic E-state index is 10.5. The highest BCUT2D eigenvalue weighted by molar-refractivity contribution is 5.70. The smallest absolute Gasteiger partial charge is 0.228 e. The molecule has 10 nitrogen and oxygen atoms in total. The van der Waals surface area contributed by atoms with Crippen molar-refractivity contribution in [1.29, 1.82) is 0 Å². The van der Waals surface area contributed by atoms with Gasteiger partial charge in [0.2, 0.25) is 6.29 Å². The fourth-order valence-electron chi connectivity index (χ4n) is 4.18. The second kappa shape index (κ2) is 9.76. The van der Waals surface area contributed by atoms with Gasteiger partial charge in [-0.3, -0.25) is 0 Å². The zero-order valence-electron chi connectivity index (χ0n) is 19.2. The largest absolute Gasteiger partial charge is 0.508 e. The first kappa shape index (κ1) is 24.8. The molecule has 4 rings (SSSR count). The number of benzene rings is 2. The quantitative estimate of drug-likeness (QED) is 0.351. The number of hydrogen-bond donors (Lipinski definition) is 6. The van der Waals surface area contributed by atoms with E-state index in [0.717, 1.165) is 17.2 Å². The summed E-state index contributed by atoms with van der Waals surface area (Å²) < 4.78 is 23.0. The molecular weight excluding hydrogens is 460 g/mol. The zero-order chi connectivity index (χ0) is 25.4. The van der Waals surface area contributed by atoms with Crippen LogP contribution >= 0.6 is 0 Å². The lowest BCUT2D eigenvalue weighted by Gasteiger charge is -2.41. The number of aliphatic hydroxyl groups is 4. The SMILES string of the molecule is C=Cc1cc(C2Oc3cc(O)cc(O)c3C=C2OC2OC(CO)C(O)C(O)C2O)cc(OC)c1C. The van der Waals surface area contributed by atoms with Crippen LogP contribution in [0.15, 0.2) is 36.6 Å². The second-order valence-electron chi connectivity index (χ2n) is 8.38. The Morgan fingerprint density at radius 3 is 2.46 bits per heavy atom. The van der Waals surface area contributed by atoms with E-state index in [9.17, 15) is 30.6 Å². The maximum atomic E-state index is 10.5. The molecule has 6 N–H and O–H groups in total. The molecule has 0 aliphatic carbocycles. The van der Waals surface area contributed by atoms with Crippen LogP contribution in [0.4, 0.5) is 0 Å². The van der Waals surface area contributed by atoms with E-state index in [4.69, 9.17) is 18.9 Å². The first-order valence-corrected chi connectivity index (χ1v) is 10.9. The van der Waals surface area contributed by atoms with Crippen molar-refractivity contribution >= 4 is 12.2 Å². The van der Waals surface area contributed by atoms with Gasteiger partial charge in [0, 0.05) is 17.7 Å². The number of ether oxygens (including phenoxy) is 4. The first-order valence-electron chi connectivity index (χ1n) is 10.9. The molecule has 10 heteroatoms. The lowest BCUT2D eigenvalue weighted by molar-refractivity contribution is -0.293. The van der Waals surface area contributed by atoms with Crippen LogP contribution in [0.1, 0.15) is 28.4 Å². The van der Waals surface area contributed by atoms with Crippen LogP contribution in [0, 0.1) is 6.92 Å². The van der Waals surface area contributed by atoms with Gasteiger partial charge in [0.25, 0.3) is 0 Å². The predicted molar refractivity (Wildman–Crippen MR) is 124 cm³/mol. The Morgan fingerprint density at radius 1 is 1.06 bits per heavy atom. The van der Waals surface area contributed by atoms with Gasteiger partial charge in [-0.2, -0.15) is 0 Å². The number of phenols is 2. The van der Waals surface area contributed by atoms with Crippen molar-refractivity contribution in [3.8, 4) is 23.0 Å². The van der Waals surface area contributed by atoms with Crippen LogP contribution < -0.4 is 9.47 Å². The first-order chi connectivity index (χ1) is 16.7. The van der Waals surface area contributed by atoms with Crippen LogP contribution in [0.2, 0.25) is 0 Å². The van der Waals surface area contributed by atoms with Crippen LogP contribution in [0.5, 0.6) is 23.0 Å². The fourth-order valence-corrected chi connectivity index (χ4v) is 4.18. The van der Waals surface area contributed by atoms with Gasteiger partial charge in [-0.05, 0) is 36.3 Å². The molecule has 0 saturated carbocycles. The monoisotopic (exact) mass is 488 g/mol. The van der Waals surface area contributed by atoms with Gasteiger partial charge < -0.3 is 49.6 Å². The number of aliphatic hydroxyl groups excluding tert-OH is 4. The Bertz CT molecular complexity index is 1140. The van der Waals surface area contributed by atoms with Crippen molar-refractivity contribution in [1.82, 2.24) is 0 Å². The van der Waals surface area contributed by atoms with Crippen molar-refractivity contribution in [2.75, 3.05) is 13.7 Å². The van der Waals surface area contributed by atoms with Gasteiger partial charge in [0.05, 0.1) is 19.3 Å². The van der Waals surface area contributed by atoms with E-state index in [0.29, 0.717) is 11.3 Å². The maximum Gasteiger partial charge on any atom is 0.228 e. The summed E-state index contributed by atoms with van der Waals surface area (Å²) in [7, 11) is 1.52. The number of hydrogen-bond acceptors (Lipinski definition) is 10. The van der Waals surface area contributed by atoms with E-state index in [1.165, 1.54) is 19.3 Å². The normalized spacial score (nSPS) is 27.9. The van der Waals surface area contributed by atoms with Gasteiger partial charge >= 0.3 is 0 Å². The summed E-state index contributed by atoms with van der Waals surface area (Å²) >= 11 is 0. The Labute approximate surface area is 201 Å². The number of rotatable bonds is 6. The third-order valence-corrected chi connectivity index (χ3v) is 6.16. The fraction of sp³-hybridized carbons (Fsp3) is 0.360. The van der Waals surface area contributed by atoms with Crippen LogP contribution in [0.25, 0.3) is 12.2 Å². The number of methoxy groups -OCH3 is 1. The summed E-state index contributed by atoms with van der Waals surface area (Å²) in [5, 5.41) is 60.5. The van der Waals surface area contributed by atoms with E-state index in [1.807, 2.05) is 6.92 Å². The molecule has 0 spiro atoms. The highest BCUT2D eigenvalue weighted by atomic mass is 16.7.